The Morgan fingerprint density at radius 2 is 1.77 bits per heavy atom. The second kappa shape index (κ2) is 8.47. The number of nitriles is 1. The molecule has 0 saturated carbocycles. The monoisotopic (exact) mass is 445 g/mol. The molecule has 1 amide bonds. The molecule has 1 aliphatic heterocycles. The summed E-state index contributed by atoms with van der Waals surface area (Å²) in [5.41, 5.74) is 0.552. The summed E-state index contributed by atoms with van der Waals surface area (Å²) in [4.78, 5) is 12.8. The molecule has 0 aliphatic carbocycles. The molecule has 1 fully saturated rings. The Morgan fingerprint density at radius 3 is 2.37 bits per heavy atom. The number of amides is 1. The van der Waals surface area contributed by atoms with Gasteiger partial charge in [-0.1, -0.05) is 29.3 Å². The van der Waals surface area contributed by atoms with Crippen LogP contribution in [0.2, 0.25) is 10.0 Å². The Balaban J connectivity index is 1.75. The third kappa shape index (κ3) is 5.26. The molecule has 3 rings (SSSR count). The van der Waals surface area contributed by atoms with Gasteiger partial charge in [0.1, 0.15) is 23.1 Å². The van der Waals surface area contributed by atoms with E-state index >= 15 is 0 Å². The largest absolute Gasteiger partial charge is 0.454 e. The van der Waals surface area contributed by atoms with Crippen LogP contribution < -0.4 is 15.4 Å². The summed E-state index contributed by atoms with van der Waals surface area (Å²) < 4.78 is 5.77. The van der Waals surface area contributed by atoms with Gasteiger partial charge >= 0.3 is 0 Å². The average Bonchev–Trinajstić information content (AvgIpc) is 2.60. The third-order valence-electron chi connectivity index (χ3n) is 5.03. The van der Waals surface area contributed by atoms with Gasteiger partial charge in [0.2, 0.25) is 0 Å². The summed E-state index contributed by atoms with van der Waals surface area (Å²) in [6, 6.07) is 11.9. The van der Waals surface area contributed by atoms with Crippen molar-refractivity contribution < 1.29 is 9.53 Å². The maximum atomic E-state index is 12.8. The van der Waals surface area contributed by atoms with Crippen LogP contribution in [0.15, 0.2) is 36.4 Å². The number of nitrogens with one attached hydrogen (secondary N) is 2. The van der Waals surface area contributed by atoms with Crippen LogP contribution in [0.4, 0.5) is 0 Å². The van der Waals surface area contributed by atoms with E-state index in [4.69, 9.17) is 27.9 Å². The molecule has 0 bridgehead atoms. The molecule has 1 heterocycles. The lowest BCUT2D eigenvalue weighted by molar-refractivity contribution is 0.0873. The fraction of sp³-hybridized carbons (Fsp3) is 0.391. The maximum absolute atomic E-state index is 12.8. The van der Waals surface area contributed by atoms with Crippen LogP contribution in [-0.2, 0) is 0 Å². The smallest absolute Gasteiger partial charge is 0.251 e. The van der Waals surface area contributed by atoms with Crippen molar-refractivity contribution in [2.75, 3.05) is 0 Å². The molecule has 2 N–H and O–H groups in total. The van der Waals surface area contributed by atoms with Crippen molar-refractivity contribution in [3.8, 4) is 17.6 Å². The zero-order chi connectivity index (χ0) is 22.1. The molecule has 1 aliphatic rings. The zero-order valence-electron chi connectivity index (χ0n) is 17.5. The van der Waals surface area contributed by atoms with Gasteiger partial charge in [-0.3, -0.25) is 4.79 Å². The fourth-order valence-electron chi connectivity index (χ4n) is 4.23. The quantitative estimate of drug-likeness (QED) is 0.632. The highest BCUT2D eigenvalue weighted by Crippen LogP contribution is 2.34. The maximum Gasteiger partial charge on any atom is 0.251 e. The summed E-state index contributed by atoms with van der Waals surface area (Å²) in [5.74, 6) is 0.474. The van der Waals surface area contributed by atoms with Gasteiger partial charge in [0.25, 0.3) is 5.91 Å². The van der Waals surface area contributed by atoms with Crippen molar-refractivity contribution in [1.82, 2.24) is 10.6 Å². The first-order valence-corrected chi connectivity index (χ1v) is 10.5. The fourth-order valence-corrected chi connectivity index (χ4v) is 4.66. The number of hydrogen-bond donors (Lipinski definition) is 2. The molecule has 2 aromatic carbocycles. The molecule has 1 saturated heterocycles. The van der Waals surface area contributed by atoms with Crippen molar-refractivity contribution in [3.63, 3.8) is 0 Å². The summed E-state index contributed by atoms with van der Waals surface area (Å²) in [6.07, 6.45) is 1.67. The van der Waals surface area contributed by atoms with E-state index in [-0.39, 0.29) is 33.6 Å². The van der Waals surface area contributed by atoms with E-state index < -0.39 is 0 Å². The summed E-state index contributed by atoms with van der Waals surface area (Å²) >= 11 is 12.4. The van der Waals surface area contributed by atoms with Crippen molar-refractivity contribution in [1.29, 1.82) is 5.26 Å². The van der Waals surface area contributed by atoms with Gasteiger partial charge in [-0.15, -0.1) is 0 Å². The Kier molecular flexibility index (Phi) is 6.33. The number of nitrogens with zero attached hydrogens (tertiary/aromatic N) is 1. The van der Waals surface area contributed by atoms with Gasteiger partial charge in [-0.2, -0.15) is 5.26 Å². The molecule has 30 heavy (non-hydrogen) atoms. The van der Waals surface area contributed by atoms with E-state index in [9.17, 15) is 10.1 Å². The van der Waals surface area contributed by atoms with Gasteiger partial charge in [0.15, 0.2) is 0 Å². The van der Waals surface area contributed by atoms with Crippen LogP contribution in [0.5, 0.6) is 11.5 Å². The van der Waals surface area contributed by atoms with E-state index in [0.717, 1.165) is 12.8 Å². The lowest BCUT2D eigenvalue weighted by Crippen LogP contribution is -2.62. The summed E-state index contributed by atoms with van der Waals surface area (Å²) in [6.45, 7) is 8.56. The number of benzene rings is 2. The number of carbonyl (C=O) groups excluding carboxylic acids is 1. The predicted octanol–water partition coefficient (Wildman–Crippen LogP) is 5.70. The number of piperidine rings is 1. The molecule has 158 valence electrons. The number of rotatable bonds is 4. The highest BCUT2D eigenvalue weighted by atomic mass is 35.5. The molecule has 0 radical (unpaired) electrons. The first-order chi connectivity index (χ1) is 14.0. The highest BCUT2D eigenvalue weighted by molar-refractivity contribution is 6.32. The van der Waals surface area contributed by atoms with E-state index in [0.29, 0.717) is 22.1 Å². The van der Waals surface area contributed by atoms with E-state index in [2.05, 4.69) is 38.3 Å². The van der Waals surface area contributed by atoms with E-state index in [1.807, 2.05) is 6.07 Å². The second-order valence-electron chi connectivity index (χ2n) is 8.94. The molecular weight excluding hydrogens is 421 g/mol. The van der Waals surface area contributed by atoms with Crippen LogP contribution in [0.1, 0.15) is 56.5 Å². The Labute approximate surface area is 187 Å². The number of hydrogen-bond acceptors (Lipinski definition) is 4. The van der Waals surface area contributed by atoms with E-state index in [1.54, 1.807) is 36.4 Å². The van der Waals surface area contributed by atoms with Gasteiger partial charge in [0.05, 0.1) is 10.0 Å². The van der Waals surface area contributed by atoms with E-state index in [1.165, 1.54) is 0 Å². The van der Waals surface area contributed by atoms with Crippen LogP contribution in [0, 0.1) is 11.3 Å². The minimum Gasteiger partial charge on any atom is -0.454 e. The Bertz CT molecular complexity index is 996. The lowest BCUT2D eigenvalue weighted by Gasteiger charge is -2.46. The van der Waals surface area contributed by atoms with Gasteiger partial charge in [-0.25, -0.2) is 0 Å². The van der Waals surface area contributed by atoms with Crippen LogP contribution >= 0.6 is 23.2 Å². The molecule has 0 spiro atoms. The minimum atomic E-state index is -0.178. The van der Waals surface area contributed by atoms with Crippen molar-refractivity contribution >= 4 is 29.1 Å². The van der Waals surface area contributed by atoms with Gasteiger partial charge in [-0.05, 0) is 70.9 Å². The van der Waals surface area contributed by atoms with Crippen molar-refractivity contribution in [2.45, 2.75) is 57.7 Å². The lowest BCUT2D eigenvalue weighted by atomic mass is 9.79. The average molecular weight is 446 g/mol. The number of carbonyl (C=O) groups is 1. The molecule has 0 aromatic heterocycles. The second-order valence-corrected chi connectivity index (χ2v) is 9.76. The highest BCUT2D eigenvalue weighted by Gasteiger charge is 2.38. The number of ether oxygens (including phenoxy) is 1. The molecule has 7 heteroatoms. The Hall–Kier alpha value is -2.26. The van der Waals surface area contributed by atoms with Crippen molar-refractivity contribution in [2.24, 2.45) is 0 Å². The zero-order valence-corrected chi connectivity index (χ0v) is 19.0. The SMILES string of the molecule is CC1(C)CC(NC(=O)c2ccc(Oc3cccc(Cl)c3C#N)c(Cl)c2)CC(C)(C)N1. The standard InChI is InChI=1S/C23H25Cl2N3O2/c1-22(2)11-15(12-23(3,4)28-22)27-21(29)14-8-9-20(18(25)10-14)30-19-7-5-6-17(24)16(19)13-26/h5-10,15,28H,11-12H2,1-4H3,(H,27,29). The predicted molar refractivity (Wildman–Crippen MR) is 119 cm³/mol. The molecular formula is C23H25Cl2N3O2. The van der Waals surface area contributed by atoms with Gasteiger partial charge < -0.3 is 15.4 Å². The summed E-state index contributed by atoms with van der Waals surface area (Å²) in [5, 5.41) is 16.6. The van der Waals surface area contributed by atoms with Crippen LogP contribution in [0.25, 0.3) is 0 Å². The van der Waals surface area contributed by atoms with Crippen LogP contribution in [0.3, 0.4) is 0 Å². The van der Waals surface area contributed by atoms with Gasteiger partial charge in [0, 0.05) is 22.7 Å². The topological polar surface area (TPSA) is 74.1 Å². The third-order valence-corrected chi connectivity index (χ3v) is 5.64. The number of halogens is 2. The molecule has 5 nitrogen and oxygen atoms in total. The summed E-state index contributed by atoms with van der Waals surface area (Å²) in [7, 11) is 0. The van der Waals surface area contributed by atoms with Crippen LogP contribution in [-0.4, -0.2) is 23.0 Å². The minimum absolute atomic E-state index is 0.0584. The normalized spacial score (nSPS) is 17.8. The first-order valence-electron chi connectivity index (χ1n) is 9.76. The Morgan fingerprint density at radius 1 is 1.10 bits per heavy atom. The molecule has 2 aromatic rings. The first kappa shape index (κ1) is 22.4. The molecule has 0 atom stereocenters. The van der Waals surface area contributed by atoms with Crippen molar-refractivity contribution in [3.05, 3.63) is 57.6 Å². The molecule has 0 unspecified atom stereocenters.